The quantitative estimate of drug-likeness (QED) is 0.781. The van der Waals surface area contributed by atoms with Crippen LogP contribution in [0.5, 0.6) is 0 Å². The molecule has 114 valence electrons. The largest absolute Gasteiger partial charge is 0.376 e. The highest BCUT2D eigenvalue weighted by molar-refractivity contribution is 5.13. The van der Waals surface area contributed by atoms with Gasteiger partial charge in [-0.15, -0.1) is 6.58 Å². The molecule has 4 nitrogen and oxygen atoms in total. The minimum Gasteiger partial charge on any atom is -0.376 e. The number of hydrogen-bond donors (Lipinski definition) is 0. The van der Waals surface area contributed by atoms with Crippen molar-refractivity contribution in [2.24, 2.45) is 5.92 Å². The van der Waals surface area contributed by atoms with Gasteiger partial charge >= 0.3 is 0 Å². The third-order valence-electron chi connectivity index (χ3n) is 3.88. The fraction of sp³-hybridized carbons (Fsp3) is 0.529. The Morgan fingerprint density at radius 2 is 2.00 bits per heavy atom. The minimum absolute atomic E-state index is 0.0909. The molecule has 4 heteroatoms. The van der Waals surface area contributed by atoms with Crippen LogP contribution in [0.1, 0.15) is 19.4 Å². The van der Waals surface area contributed by atoms with E-state index in [1.54, 1.807) is 6.08 Å². The predicted octanol–water partition coefficient (Wildman–Crippen LogP) is 2.88. The Kier molecular flexibility index (Phi) is 4.13. The van der Waals surface area contributed by atoms with E-state index in [9.17, 15) is 0 Å². The highest BCUT2D eigenvalue weighted by atomic mass is 16.8. The number of fused-ring (bicyclic) bond motifs is 1. The van der Waals surface area contributed by atoms with E-state index in [1.165, 1.54) is 0 Å². The molecule has 1 aromatic rings. The molecule has 3 rings (SSSR count). The molecule has 0 saturated carbocycles. The summed E-state index contributed by atoms with van der Waals surface area (Å²) in [7, 11) is 0. The normalized spacial score (nSPS) is 33.8. The minimum atomic E-state index is -0.598. The summed E-state index contributed by atoms with van der Waals surface area (Å²) < 4.78 is 23.4. The smallest absolute Gasteiger partial charge is 0.188 e. The molecule has 0 aromatic heterocycles. The average molecular weight is 290 g/mol. The number of benzene rings is 1. The third-order valence-corrected chi connectivity index (χ3v) is 3.88. The summed E-state index contributed by atoms with van der Waals surface area (Å²) in [6.07, 6.45) is 1.29. The van der Waals surface area contributed by atoms with E-state index in [1.807, 2.05) is 32.0 Å². The van der Waals surface area contributed by atoms with Gasteiger partial charge in [0.2, 0.25) is 0 Å². The number of ether oxygens (including phenoxy) is 4. The summed E-state index contributed by atoms with van der Waals surface area (Å²) in [5, 5.41) is 0. The van der Waals surface area contributed by atoms with Gasteiger partial charge in [0.15, 0.2) is 12.1 Å². The van der Waals surface area contributed by atoms with Crippen molar-refractivity contribution in [3.8, 4) is 0 Å². The Hall–Kier alpha value is -1.20. The molecular weight excluding hydrogens is 268 g/mol. The van der Waals surface area contributed by atoms with Crippen molar-refractivity contribution in [1.29, 1.82) is 0 Å². The van der Waals surface area contributed by atoms with Gasteiger partial charge in [-0.05, 0) is 19.4 Å². The maximum atomic E-state index is 5.95. The summed E-state index contributed by atoms with van der Waals surface area (Å²) in [6.45, 7) is 8.78. The Morgan fingerprint density at radius 3 is 2.71 bits per heavy atom. The SMILES string of the molecule is C=C[C@H]1O[C@@H]2OC(C)(C)O[C@@H]2[C@@H]1COCc1ccccc1. The summed E-state index contributed by atoms with van der Waals surface area (Å²) in [6, 6.07) is 10.1. The van der Waals surface area contributed by atoms with Crippen LogP contribution in [-0.4, -0.2) is 30.9 Å². The standard InChI is InChI=1S/C17H22O4/c1-4-14-13(11-18-10-12-8-6-5-7-9-12)15-16(19-14)21-17(2,3)20-15/h4-9,13-16H,1,10-11H2,2-3H3/t13-,14-,15-,16-/m1/s1. The molecular formula is C17H22O4. The van der Waals surface area contributed by atoms with Crippen LogP contribution in [0.25, 0.3) is 0 Å². The lowest BCUT2D eigenvalue weighted by Gasteiger charge is -2.24. The van der Waals surface area contributed by atoms with Crippen molar-refractivity contribution in [2.45, 2.75) is 44.7 Å². The van der Waals surface area contributed by atoms with Gasteiger partial charge in [-0.3, -0.25) is 0 Å². The first kappa shape index (κ1) is 14.7. The van der Waals surface area contributed by atoms with Crippen LogP contribution in [0, 0.1) is 5.92 Å². The van der Waals surface area contributed by atoms with E-state index in [4.69, 9.17) is 18.9 Å². The average Bonchev–Trinajstić information content (AvgIpc) is 2.92. The first-order chi connectivity index (χ1) is 10.1. The first-order valence-electron chi connectivity index (χ1n) is 7.34. The van der Waals surface area contributed by atoms with Crippen LogP contribution < -0.4 is 0 Å². The summed E-state index contributed by atoms with van der Waals surface area (Å²) in [4.78, 5) is 0. The molecule has 1 aromatic carbocycles. The van der Waals surface area contributed by atoms with Crippen LogP contribution in [0.2, 0.25) is 0 Å². The third kappa shape index (κ3) is 3.19. The second-order valence-electron chi connectivity index (χ2n) is 5.97. The van der Waals surface area contributed by atoms with E-state index in [0.717, 1.165) is 5.56 Å². The second kappa shape index (κ2) is 5.89. The molecule has 2 aliphatic rings. The van der Waals surface area contributed by atoms with Crippen LogP contribution in [0.15, 0.2) is 43.0 Å². The van der Waals surface area contributed by atoms with Crippen molar-refractivity contribution in [1.82, 2.24) is 0 Å². The molecule has 0 aliphatic carbocycles. The lowest BCUT2D eigenvalue weighted by molar-refractivity contribution is -0.206. The Morgan fingerprint density at radius 1 is 1.24 bits per heavy atom. The lowest BCUT2D eigenvalue weighted by atomic mass is 9.99. The van der Waals surface area contributed by atoms with Gasteiger partial charge in [-0.25, -0.2) is 0 Å². The number of hydrogen-bond acceptors (Lipinski definition) is 4. The van der Waals surface area contributed by atoms with Gasteiger partial charge < -0.3 is 18.9 Å². The van der Waals surface area contributed by atoms with Gasteiger partial charge in [0.25, 0.3) is 0 Å². The van der Waals surface area contributed by atoms with E-state index >= 15 is 0 Å². The van der Waals surface area contributed by atoms with E-state index in [0.29, 0.717) is 13.2 Å². The highest BCUT2D eigenvalue weighted by Crippen LogP contribution is 2.41. The summed E-state index contributed by atoms with van der Waals surface area (Å²) >= 11 is 0. The van der Waals surface area contributed by atoms with Gasteiger partial charge in [0, 0.05) is 5.92 Å². The highest BCUT2D eigenvalue weighted by Gasteiger charge is 2.53. The summed E-state index contributed by atoms with van der Waals surface area (Å²) in [5.74, 6) is -0.489. The Balaban J connectivity index is 1.59. The zero-order chi connectivity index (χ0) is 14.9. The molecule has 0 bridgehead atoms. The predicted molar refractivity (Wildman–Crippen MR) is 78.5 cm³/mol. The fourth-order valence-corrected chi connectivity index (χ4v) is 2.90. The zero-order valence-corrected chi connectivity index (χ0v) is 12.5. The van der Waals surface area contributed by atoms with Crippen molar-refractivity contribution in [3.05, 3.63) is 48.6 Å². The number of rotatable bonds is 5. The topological polar surface area (TPSA) is 36.9 Å². The molecule has 21 heavy (non-hydrogen) atoms. The van der Waals surface area contributed by atoms with E-state index < -0.39 is 5.79 Å². The van der Waals surface area contributed by atoms with Crippen LogP contribution in [0.3, 0.4) is 0 Å². The maximum Gasteiger partial charge on any atom is 0.188 e. The van der Waals surface area contributed by atoms with Crippen LogP contribution in [0.4, 0.5) is 0 Å². The molecule has 2 heterocycles. The van der Waals surface area contributed by atoms with Crippen LogP contribution >= 0.6 is 0 Å². The van der Waals surface area contributed by atoms with Crippen molar-refractivity contribution in [2.75, 3.05) is 6.61 Å². The van der Waals surface area contributed by atoms with Gasteiger partial charge in [0.1, 0.15) is 6.10 Å². The molecule has 0 unspecified atom stereocenters. The first-order valence-corrected chi connectivity index (χ1v) is 7.34. The van der Waals surface area contributed by atoms with E-state index in [2.05, 4.69) is 18.7 Å². The molecule has 2 fully saturated rings. The monoisotopic (exact) mass is 290 g/mol. The lowest BCUT2D eigenvalue weighted by Crippen LogP contribution is -2.32. The summed E-state index contributed by atoms with van der Waals surface area (Å²) in [5.41, 5.74) is 1.16. The molecule has 0 spiro atoms. The maximum absolute atomic E-state index is 5.95. The molecule has 2 aliphatic heterocycles. The second-order valence-corrected chi connectivity index (χ2v) is 5.97. The molecule has 2 saturated heterocycles. The van der Waals surface area contributed by atoms with Crippen LogP contribution in [-0.2, 0) is 25.6 Å². The van der Waals surface area contributed by atoms with Crippen molar-refractivity contribution in [3.63, 3.8) is 0 Å². The van der Waals surface area contributed by atoms with Crippen molar-refractivity contribution < 1.29 is 18.9 Å². The van der Waals surface area contributed by atoms with Gasteiger partial charge in [-0.1, -0.05) is 36.4 Å². The van der Waals surface area contributed by atoms with Gasteiger partial charge in [0.05, 0.1) is 19.3 Å². The fourth-order valence-electron chi connectivity index (χ4n) is 2.90. The Bertz CT molecular complexity index is 485. The molecule has 0 amide bonds. The molecule has 0 radical (unpaired) electrons. The molecule has 4 atom stereocenters. The van der Waals surface area contributed by atoms with Crippen molar-refractivity contribution >= 4 is 0 Å². The zero-order valence-electron chi connectivity index (χ0n) is 12.5. The van der Waals surface area contributed by atoms with E-state index in [-0.39, 0.29) is 24.4 Å². The molecule has 0 N–H and O–H groups in total. The van der Waals surface area contributed by atoms with Gasteiger partial charge in [-0.2, -0.15) is 0 Å². The Labute approximate surface area is 125 Å².